The summed E-state index contributed by atoms with van der Waals surface area (Å²) in [5.74, 6) is -11.2. The molecule has 1 aliphatic heterocycles. The van der Waals surface area contributed by atoms with Crippen LogP contribution in [0.25, 0.3) is 10.8 Å². The highest BCUT2D eigenvalue weighted by Crippen LogP contribution is 2.23. The number of nitrogens with zero attached hydrogens (tertiary/aromatic N) is 3. The van der Waals surface area contributed by atoms with E-state index in [4.69, 9.17) is 28.8 Å². The average molecular weight is 1600 g/mol. The molecule has 618 valence electrons. The number of aliphatic hydroxyl groups is 1. The number of benzene rings is 3. The van der Waals surface area contributed by atoms with Crippen LogP contribution in [0.4, 0.5) is 0 Å². The molecule has 0 radical (unpaired) electrons. The Hall–Kier alpha value is -11.0. The summed E-state index contributed by atoms with van der Waals surface area (Å²) in [4.78, 5) is 204. The topological polar surface area (TPSA) is 511 Å². The monoisotopic (exact) mass is 1600 g/mol. The van der Waals surface area contributed by atoms with Crippen molar-refractivity contribution in [2.75, 3.05) is 32.8 Å². The summed E-state index contributed by atoms with van der Waals surface area (Å²) in [7, 11) is 0. The van der Waals surface area contributed by atoms with Gasteiger partial charge in [-0.05, 0) is 154 Å². The standard InChI is InChI=1S/C80H111ClN18O15/c1-47(2)39-62(74(108)94-61(25-12-13-34-86-48(3)4)80(114)99-38-18-26-67(99)79(113)90-49(5)69(84)103)95-73(107)60(24-11-16-37-89-71(105)58-22-9-14-35-87-58)92-72(106)59(23-10-15-36-88-70(104)57(82)44-68(83)102)93-78(112)66(46-100)98-77(111)65(43-53-19-17-33-85-45-53)97-76(110)64(41-51-28-31-56(81)32-29-51)96-75(109)63(91-50(6)101)42-52-27-30-54-20-7-8-21-55(54)40-52/h7-9,14,17,19-22,27-33,35,40,45,47-49,57,59-67,86,100H,10-13,15-16,18,23-26,34,36-39,41-44,46,82H2,1-6H3,(H2,83,102)(H2,84,103)(H,88,104)(H,89,105)(H,90,113)(H,91,101)(H,92,106)(H,93,112)(H,94,108)(H,95,107)(H,96,109)(H,97,110)(H,98,111)/t49-,57+,59+,60-,61+,62+,63-,64-,65-,66+,67+/m1/s1. The Labute approximate surface area is 668 Å². The first-order valence-electron chi connectivity index (χ1n) is 38.7. The van der Waals surface area contributed by atoms with Crippen LogP contribution in [0.1, 0.15) is 152 Å². The molecule has 1 saturated heterocycles. The number of halogens is 1. The fourth-order valence-electron chi connectivity index (χ4n) is 12.8. The Balaban J connectivity index is 1.29. The number of aromatic nitrogens is 2. The van der Waals surface area contributed by atoms with Crippen molar-refractivity contribution in [3.8, 4) is 0 Å². The highest BCUT2D eigenvalue weighted by Gasteiger charge is 2.40. The Morgan fingerprint density at radius 3 is 1.61 bits per heavy atom. The molecular weight excluding hydrogens is 1490 g/mol. The number of carbonyl (C=O) groups is 14. The first-order valence-corrected chi connectivity index (χ1v) is 39.0. The Bertz CT molecular complexity index is 4070. The van der Waals surface area contributed by atoms with Gasteiger partial charge >= 0.3 is 0 Å². The number of amides is 14. The van der Waals surface area contributed by atoms with Gasteiger partial charge in [0.2, 0.25) is 76.8 Å². The van der Waals surface area contributed by atoms with E-state index in [2.05, 4.69) is 73.8 Å². The van der Waals surface area contributed by atoms with Gasteiger partial charge in [-0.3, -0.25) is 77.1 Å². The summed E-state index contributed by atoms with van der Waals surface area (Å²) >= 11 is 6.26. The molecule has 0 spiro atoms. The van der Waals surface area contributed by atoms with Crippen LogP contribution >= 0.6 is 11.6 Å². The first-order chi connectivity index (χ1) is 54.4. The lowest BCUT2D eigenvalue weighted by atomic mass is 9.99. The van der Waals surface area contributed by atoms with Gasteiger partial charge in [-0.15, -0.1) is 0 Å². The minimum absolute atomic E-state index is 0.00862. The predicted molar refractivity (Wildman–Crippen MR) is 426 cm³/mol. The number of rotatable bonds is 48. The lowest BCUT2D eigenvalue weighted by Crippen LogP contribution is -2.61. The molecule has 0 bridgehead atoms. The maximum Gasteiger partial charge on any atom is 0.269 e. The molecule has 114 heavy (non-hydrogen) atoms. The molecule has 0 saturated carbocycles. The number of primary amides is 2. The number of hydrogen-bond donors (Lipinski definition) is 16. The maximum absolute atomic E-state index is 15.1. The number of carbonyl (C=O) groups excluding carboxylic acids is 14. The van der Waals surface area contributed by atoms with Gasteiger partial charge in [0.05, 0.1) is 19.1 Å². The molecule has 14 amide bonds. The van der Waals surface area contributed by atoms with Crippen LogP contribution in [0.15, 0.2) is 116 Å². The molecule has 3 heterocycles. The van der Waals surface area contributed by atoms with Gasteiger partial charge in [-0.25, -0.2) is 0 Å². The molecule has 5 aromatic rings. The third kappa shape index (κ3) is 31.5. The molecule has 1 fully saturated rings. The van der Waals surface area contributed by atoms with Crippen LogP contribution in [0.2, 0.25) is 5.02 Å². The number of nitrogens with one attached hydrogen (secondary N) is 12. The van der Waals surface area contributed by atoms with Crippen molar-refractivity contribution < 1.29 is 72.2 Å². The summed E-state index contributed by atoms with van der Waals surface area (Å²) in [5.41, 5.74) is 18.4. The second-order valence-corrected chi connectivity index (χ2v) is 29.7. The fourth-order valence-corrected chi connectivity index (χ4v) is 12.9. The molecule has 3 aromatic carbocycles. The number of likely N-dealkylation sites (tertiary alicyclic amines) is 1. The Morgan fingerprint density at radius 1 is 0.526 bits per heavy atom. The molecule has 11 atom stereocenters. The van der Waals surface area contributed by atoms with E-state index in [1.54, 1.807) is 62.4 Å². The van der Waals surface area contributed by atoms with Gasteiger partial charge in [-0.2, -0.15) is 0 Å². The van der Waals surface area contributed by atoms with Crippen molar-refractivity contribution in [2.24, 2.45) is 23.1 Å². The molecule has 2 aromatic heterocycles. The number of aliphatic hydroxyl groups excluding tert-OH is 1. The SMILES string of the molecule is CC(=O)N[C@H](Cc1ccc2ccccc2c1)C(=O)N[C@H](Cc1ccc(Cl)cc1)C(=O)N[C@H](Cc1cccnc1)C(=O)N[C@@H](CO)C(=O)N[C@@H](CCCCNC(=O)[C@@H](N)CC(N)=O)C(=O)N[C@H](CCCCNC(=O)c1ccccn1)C(=O)N[C@@H](CC(C)C)C(=O)N[C@@H](CCCCNC(C)C)C(=O)N1CCC[C@H]1C(=O)N[C@H](C)C(N)=O. The highest BCUT2D eigenvalue weighted by molar-refractivity contribution is 6.30. The van der Waals surface area contributed by atoms with Crippen LogP contribution < -0.4 is 81.0 Å². The highest BCUT2D eigenvalue weighted by atomic mass is 35.5. The van der Waals surface area contributed by atoms with Gasteiger partial charge in [0.25, 0.3) is 5.91 Å². The predicted octanol–water partition coefficient (Wildman–Crippen LogP) is 0.487. The lowest BCUT2D eigenvalue weighted by Gasteiger charge is -2.31. The molecular formula is C80H111ClN18O15. The average Bonchev–Trinajstić information content (AvgIpc) is 1.39. The third-order valence-corrected chi connectivity index (χ3v) is 19.2. The number of unbranched alkanes of at least 4 members (excludes halogenated alkanes) is 3. The molecule has 34 heteroatoms. The van der Waals surface area contributed by atoms with E-state index in [0.717, 1.165) is 10.8 Å². The van der Waals surface area contributed by atoms with Crippen LogP contribution in [0.5, 0.6) is 0 Å². The maximum atomic E-state index is 15.1. The van der Waals surface area contributed by atoms with E-state index in [-0.39, 0.29) is 114 Å². The van der Waals surface area contributed by atoms with E-state index in [1.165, 1.54) is 43.4 Å². The summed E-state index contributed by atoms with van der Waals surface area (Å²) < 4.78 is 0. The Morgan fingerprint density at radius 2 is 1.04 bits per heavy atom. The molecule has 0 unspecified atom stereocenters. The number of hydrogen-bond acceptors (Lipinski definition) is 19. The molecule has 33 nitrogen and oxygen atoms in total. The van der Waals surface area contributed by atoms with Gasteiger partial charge in [-0.1, -0.05) is 106 Å². The largest absolute Gasteiger partial charge is 0.394 e. The van der Waals surface area contributed by atoms with Crippen molar-refractivity contribution in [3.63, 3.8) is 0 Å². The number of pyridine rings is 2. The van der Waals surface area contributed by atoms with Gasteiger partial charge in [0, 0.05) is 75.5 Å². The third-order valence-electron chi connectivity index (χ3n) is 18.9. The zero-order valence-electron chi connectivity index (χ0n) is 65.4. The molecule has 6 rings (SSSR count). The Kier molecular flexibility index (Phi) is 38.3. The first kappa shape index (κ1) is 91.8. The minimum atomic E-state index is -1.87. The summed E-state index contributed by atoms with van der Waals surface area (Å²) in [6, 6.07) is 12.7. The van der Waals surface area contributed by atoms with Gasteiger partial charge < -0.3 is 91.0 Å². The van der Waals surface area contributed by atoms with Gasteiger partial charge in [0.15, 0.2) is 0 Å². The summed E-state index contributed by atoms with van der Waals surface area (Å²) in [5, 5.41) is 46.2. The molecule has 0 aliphatic carbocycles. The summed E-state index contributed by atoms with van der Waals surface area (Å²) in [6.07, 6.45) is 5.55. The zero-order valence-corrected chi connectivity index (χ0v) is 66.2. The zero-order chi connectivity index (χ0) is 83.4. The fraction of sp³-hybridized carbons (Fsp3) is 0.500. The van der Waals surface area contributed by atoms with E-state index in [9.17, 15) is 62.6 Å². The van der Waals surface area contributed by atoms with Crippen molar-refractivity contribution in [3.05, 3.63) is 143 Å². The van der Waals surface area contributed by atoms with Crippen LogP contribution in [-0.4, -0.2) is 208 Å². The normalized spacial score (nSPS) is 15.2. The molecule has 1 aliphatic rings. The van der Waals surface area contributed by atoms with E-state index < -0.39 is 162 Å². The van der Waals surface area contributed by atoms with E-state index in [1.807, 2.05) is 56.3 Å². The molecule has 19 N–H and O–H groups in total. The van der Waals surface area contributed by atoms with E-state index >= 15 is 9.59 Å². The smallest absolute Gasteiger partial charge is 0.269 e. The van der Waals surface area contributed by atoms with Crippen molar-refractivity contribution in [2.45, 2.75) is 217 Å². The van der Waals surface area contributed by atoms with Crippen molar-refractivity contribution in [1.82, 2.24) is 78.7 Å². The quantitative estimate of drug-likeness (QED) is 0.0236. The van der Waals surface area contributed by atoms with Crippen molar-refractivity contribution in [1.29, 1.82) is 0 Å². The number of nitrogens with two attached hydrogens (primary N) is 3. The van der Waals surface area contributed by atoms with Crippen molar-refractivity contribution >= 4 is 105 Å². The minimum Gasteiger partial charge on any atom is -0.394 e. The van der Waals surface area contributed by atoms with E-state index in [0.29, 0.717) is 47.5 Å². The van der Waals surface area contributed by atoms with Gasteiger partial charge in [0.1, 0.15) is 66.1 Å². The van der Waals surface area contributed by atoms with Crippen LogP contribution in [0.3, 0.4) is 0 Å². The number of fused-ring (bicyclic) bond motifs is 1. The second kappa shape index (κ2) is 47.5. The second-order valence-electron chi connectivity index (χ2n) is 29.2. The van der Waals surface area contributed by atoms with Crippen LogP contribution in [-0.2, 0) is 81.6 Å². The van der Waals surface area contributed by atoms with Crippen LogP contribution in [0, 0.1) is 5.92 Å². The summed E-state index contributed by atoms with van der Waals surface area (Å²) in [6.45, 7) is 9.91. The lowest BCUT2D eigenvalue weighted by molar-refractivity contribution is -0.142.